The van der Waals surface area contributed by atoms with E-state index in [1.165, 1.54) is 7.11 Å². The molecular weight excluding hydrogens is 392 g/mol. The Morgan fingerprint density at radius 1 is 0.935 bits per heavy atom. The summed E-state index contributed by atoms with van der Waals surface area (Å²) in [7, 11) is 2.96. The van der Waals surface area contributed by atoms with Crippen LogP contribution in [0.15, 0.2) is 66.7 Å². The first-order chi connectivity index (χ1) is 15.2. The third-order valence-electron chi connectivity index (χ3n) is 5.22. The molecule has 0 spiro atoms. The summed E-state index contributed by atoms with van der Waals surface area (Å²) in [5.41, 5.74) is 8.16. The molecule has 0 radical (unpaired) electrons. The SMILES string of the molecule is CONC(=O)c1ccc(Nc2cccc3[nH]c4cc5ccccc5nc4c23)c(OC)c1. The molecule has 0 bridgehead atoms. The number of benzene rings is 3. The number of para-hydroxylation sites is 1. The number of carbonyl (C=O) groups is 1. The molecular formula is C24H20N4O3. The van der Waals surface area contributed by atoms with Gasteiger partial charge in [-0.1, -0.05) is 24.3 Å². The molecule has 3 aromatic carbocycles. The van der Waals surface area contributed by atoms with E-state index in [1.54, 1.807) is 25.3 Å². The van der Waals surface area contributed by atoms with Gasteiger partial charge in [0.15, 0.2) is 0 Å². The van der Waals surface area contributed by atoms with Gasteiger partial charge in [0.1, 0.15) is 5.75 Å². The van der Waals surface area contributed by atoms with Crippen molar-refractivity contribution in [1.82, 2.24) is 15.4 Å². The maximum absolute atomic E-state index is 12.1. The number of ether oxygens (including phenoxy) is 1. The van der Waals surface area contributed by atoms with Crippen molar-refractivity contribution in [3.8, 4) is 5.75 Å². The van der Waals surface area contributed by atoms with Gasteiger partial charge in [0.25, 0.3) is 5.91 Å². The molecule has 0 fully saturated rings. The maximum Gasteiger partial charge on any atom is 0.274 e. The summed E-state index contributed by atoms with van der Waals surface area (Å²) in [6.07, 6.45) is 0. The molecule has 3 N–H and O–H groups in total. The average molecular weight is 412 g/mol. The number of pyridine rings is 1. The number of hydrogen-bond donors (Lipinski definition) is 3. The fraction of sp³-hybridized carbons (Fsp3) is 0.0833. The molecule has 7 heteroatoms. The van der Waals surface area contributed by atoms with Crippen LogP contribution in [0, 0.1) is 0 Å². The lowest BCUT2D eigenvalue weighted by Gasteiger charge is -2.13. The van der Waals surface area contributed by atoms with Crippen molar-refractivity contribution < 1.29 is 14.4 Å². The van der Waals surface area contributed by atoms with Gasteiger partial charge in [0.2, 0.25) is 0 Å². The van der Waals surface area contributed by atoms with Gasteiger partial charge in [-0.2, -0.15) is 0 Å². The predicted octanol–water partition coefficient (Wildman–Crippen LogP) is 4.91. The second-order valence-electron chi connectivity index (χ2n) is 7.11. The molecule has 2 aromatic heterocycles. The highest BCUT2D eigenvalue weighted by Crippen LogP contribution is 2.36. The Morgan fingerprint density at radius 2 is 1.81 bits per heavy atom. The van der Waals surface area contributed by atoms with E-state index in [9.17, 15) is 4.79 Å². The quantitative estimate of drug-likeness (QED) is 0.357. The minimum absolute atomic E-state index is 0.345. The molecule has 0 saturated heterocycles. The van der Waals surface area contributed by atoms with Crippen LogP contribution >= 0.6 is 0 Å². The van der Waals surface area contributed by atoms with E-state index in [0.29, 0.717) is 11.3 Å². The fourth-order valence-corrected chi connectivity index (χ4v) is 3.80. The summed E-state index contributed by atoms with van der Waals surface area (Å²) in [5, 5.41) is 5.52. The van der Waals surface area contributed by atoms with Crippen molar-refractivity contribution in [2.45, 2.75) is 0 Å². The molecule has 7 nitrogen and oxygen atoms in total. The van der Waals surface area contributed by atoms with Crippen molar-refractivity contribution in [2.75, 3.05) is 19.5 Å². The summed E-state index contributed by atoms with van der Waals surface area (Å²) in [6, 6.07) is 21.4. The predicted molar refractivity (Wildman–Crippen MR) is 122 cm³/mol. The van der Waals surface area contributed by atoms with Crippen LogP contribution in [0.3, 0.4) is 0 Å². The number of nitrogens with one attached hydrogen (secondary N) is 3. The van der Waals surface area contributed by atoms with E-state index in [-0.39, 0.29) is 5.91 Å². The number of rotatable bonds is 5. The van der Waals surface area contributed by atoms with Crippen molar-refractivity contribution in [1.29, 1.82) is 0 Å². The lowest BCUT2D eigenvalue weighted by molar-refractivity contribution is 0.0537. The summed E-state index contributed by atoms with van der Waals surface area (Å²) >= 11 is 0. The zero-order chi connectivity index (χ0) is 21.4. The van der Waals surface area contributed by atoms with Gasteiger partial charge in [-0.3, -0.25) is 9.63 Å². The molecule has 0 aliphatic rings. The summed E-state index contributed by atoms with van der Waals surface area (Å²) in [5.74, 6) is 0.196. The van der Waals surface area contributed by atoms with Gasteiger partial charge >= 0.3 is 0 Å². The van der Waals surface area contributed by atoms with Crippen LogP contribution in [-0.2, 0) is 4.84 Å². The van der Waals surface area contributed by atoms with Crippen LogP contribution in [0.4, 0.5) is 11.4 Å². The van der Waals surface area contributed by atoms with Gasteiger partial charge in [-0.15, -0.1) is 0 Å². The highest BCUT2D eigenvalue weighted by molar-refractivity contribution is 6.14. The van der Waals surface area contributed by atoms with Crippen LogP contribution < -0.4 is 15.5 Å². The number of H-pyrrole nitrogens is 1. The largest absolute Gasteiger partial charge is 0.495 e. The van der Waals surface area contributed by atoms with E-state index in [1.807, 2.05) is 36.4 Å². The van der Waals surface area contributed by atoms with Crippen LogP contribution in [0.1, 0.15) is 10.4 Å². The first-order valence-electron chi connectivity index (χ1n) is 9.76. The van der Waals surface area contributed by atoms with E-state index < -0.39 is 0 Å². The maximum atomic E-state index is 12.1. The van der Waals surface area contributed by atoms with Gasteiger partial charge < -0.3 is 15.0 Å². The Kier molecular flexibility index (Phi) is 4.65. The van der Waals surface area contributed by atoms with Gasteiger partial charge in [-0.25, -0.2) is 10.5 Å². The van der Waals surface area contributed by atoms with Crippen LogP contribution in [-0.4, -0.2) is 30.1 Å². The molecule has 2 heterocycles. The first-order valence-corrected chi connectivity index (χ1v) is 9.76. The number of fused-ring (bicyclic) bond motifs is 4. The number of nitrogens with zero attached hydrogens (tertiary/aromatic N) is 1. The Labute approximate surface area is 177 Å². The van der Waals surface area contributed by atoms with Crippen LogP contribution in [0.2, 0.25) is 0 Å². The summed E-state index contributed by atoms with van der Waals surface area (Å²) < 4.78 is 5.52. The number of aromatic amines is 1. The molecule has 0 saturated carbocycles. The van der Waals surface area contributed by atoms with E-state index in [0.717, 1.165) is 44.2 Å². The number of aromatic nitrogens is 2. The minimum atomic E-state index is -0.345. The second kappa shape index (κ2) is 7.62. The molecule has 0 aliphatic carbocycles. The third-order valence-corrected chi connectivity index (χ3v) is 5.22. The minimum Gasteiger partial charge on any atom is -0.495 e. The highest BCUT2D eigenvalue weighted by atomic mass is 16.6. The molecule has 1 amide bonds. The van der Waals surface area contributed by atoms with Gasteiger partial charge in [-0.05, 0) is 42.5 Å². The normalized spacial score (nSPS) is 11.2. The van der Waals surface area contributed by atoms with Crippen LogP contribution in [0.5, 0.6) is 5.75 Å². The van der Waals surface area contributed by atoms with E-state index in [4.69, 9.17) is 14.6 Å². The first kappa shape index (κ1) is 18.9. The lowest BCUT2D eigenvalue weighted by atomic mass is 10.1. The Morgan fingerprint density at radius 3 is 2.65 bits per heavy atom. The molecule has 31 heavy (non-hydrogen) atoms. The highest BCUT2D eigenvalue weighted by Gasteiger charge is 2.14. The lowest BCUT2D eigenvalue weighted by Crippen LogP contribution is -2.21. The Bertz CT molecular complexity index is 1440. The Balaban J connectivity index is 1.62. The topological polar surface area (TPSA) is 88.3 Å². The number of methoxy groups -OCH3 is 1. The standard InChI is InChI=1S/C24H20N4O3/c1-30-21-13-15(24(29)28-31-2)10-11-17(21)25-18-8-5-9-19-22(18)23-20(26-19)12-14-6-3-4-7-16(14)27-23/h3-13,25-26H,1-2H3,(H,28,29). The van der Waals surface area contributed by atoms with Crippen LogP contribution in [0.25, 0.3) is 32.8 Å². The van der Waals surface area contributed by atoms with Gasteiger partial charge in [0.05, 0.1) is 47.7 Å². The third kappa shape index (κ3) is 3.31. The smallest absolute Gasteiger partial charge is 0.274 e. The van der Waals surface area contributed by atoms with Crippen molar-refractivity contribution in [2.24, 2.45) is 0 Å². The van der Waals surface area contributed by atoms with E-state index >= 15 is 0 Å². The van der Waals surface area contributed by atoms with Gasteiger partial charge in [0, 0.05) is 16.3 Å². The number of carbonyl (C=O) groups excluding carboxylic acids is 1. The zero-order valence-electron chi connectivity index (χ0n) is 17.0. The number of hydroxylamine groups is 1. The van der Waals surface area contributed by atoms with Crippen molar-refractivity contribution in [3.05, 3.63) is 72.3 Å². The Hall–Kier alpha value is -4.10. The monoisotopic (exact) mass is 412 g/mol. The van der Waals surface area contributed by atoms with Crippen molar-refractivity contribution in [3.63, 3.8) is 0 Å². The molecule has 5 rings (SSSR count). The molecule has 0 unspecified atom stereocenters. The van der Waals surface area contributed by atoms with Crippen molar-refractivity contribution >= 4 is 50.1 Å². The molecule has 5 aromatic rings. The summed E-state index contributed by atoms with van der Waals surface area (Å²) in [6.45, 7) is 0. The molecule has 154 valence electrons. The fourth-order valence-electron chi connectivity index (χ4n) is 3.80. The number of anilines is 2. The number of hydrogen-bond acceptors (Lipinski definition) is 5. The number of amides is 1. The molecule has 0 aliphatic heterocycles. The second-order valence-corrected chi connectivity index (χ2v) is 7.11. The average Bonchev–Trinajstić information content (AvgIpc) is 3.16. The van der Waals surface area contributed by atoms with E-state index in [2.05, 4.69) is 27.9 Å². The summed E-state index contributed by atoms with van der Waals surface area (Å²) in [4.78, 5) is 25.1. The molecule has 0 atom stereocenters. The zero-order valence-corrected chi connectivity index (χ0v) is 17.0.